The molecular weight excluding hydrogens is 330 g/mol. The van der Waals surface area contributed by atoms with Crippen molar-refractivity contribution in [2.45, 2.75) is 13.8 Å². The summed E-state index contributed by atoms with van der Waals surface area (Å²) in [6.07, 6.45) is 0. The summed E-state index contributed by atoms with van der Waals surface area (Å²) in [4.78, 5) is 24.0. The number of rotatable bonds is 6. The number of carbonyl (C=O) groups excluding carboxylic acids is 2. The largest absolute Gasteiger partial charge is 0.482 e. The SMILES string of the molecule is CCOC(=O)c1ccccc1NC(=O)COc1cc(C)ccc1Cl. The monoisotopic (exact) mass is 347 g/mol. The van der Waals surface area contributed by atoms with Crippen molar-refractivity contribution in [1.82, 2.24) is 0 Å². The highest BCUT2D eigenvalue weighted by atomic mass is 35.5. The van der Waals surface area contributed by atoms with Crippen LogP contribution in [0, 0.1) is 6.92 Å². The molecule has 0 saturated carbocycles. The van der Waals surface area contributed by atoms with Crippen LogP contribution in [0.5, 0.6) is 5.75 Å². The predicted molar refractivity (Wildman–Crippen MR) is 92.7 cm³/mol. The van der Waals surface area contributed by atoms with Crippen molar-refractivity contribution in [2.24, 2.45) is 0 Å². The number of carbonyl (C=O) groups is 2. The number of hydrogen-bond donors (Lipinski definition) is 1. The van der Waals surface area contributed by atoms with Crippen LogP contribution in [0.15, 0.2) is 42.5 Å². The third-order valence-electron chi connectivity index (χ3n) is 3.14. The van der Waals surface area contributed by atoms with Gasteiger partial charge in [0.1, 0.15) is 5.75 Å². The lowest BCUT2D eigenvalue weighted by molar-refractivity contribution is -0.118. The molecule has 0 spiro atoms. The Kier molecular flexibility index (Phi) is 6.21. The van der Waals surface area contributed by atoms with Crippen molar-refractivity contribution in [3.05, 3.63) is 58.6 Å². The van der Waals surface area contributed by atoms with Crippen LogP contribution in [0.3, 0.4) is 0 Å². The van der Waals surface area contributed by atoms with Crippen molar-refractivity contribution in [3.8, 4) is 5.75 Å². The molecule has 24 heavy (non-hydrogen) atoms. The first-order chi connectivity index (χ1) is 11.5. The van der Waals surface area contributed by atoms with Crippen molar-refractivity contribution < 1.29 is 19.1 Å². The van der Waals surface area contributed by atoms with Gasteiger partial charge in [0.25, 0.3) is 5.91 Å². The van der Waals surface area contributed by atoms with Gasteiger partial charge in [0.05, 0.1) is 22.9 Å². The van der Waals surface area contributed by atoms with Crippen LogP contribution in [0.4, 0.5) is 5.69 Å². The van der Waals surface area contributed by atoms with Crippen LogP contribution in [-0.2, 0) is 9.53 Å². The third kappa shape index (κ3) is 4.73. The molecule has 0 radical (unpaired) electrons. The number of amides is 1. The molecule has 2 aromatic carbocycles. The summed E-state index contributed by atoms with van der Waals surface area (Å²) < 4.78 is 10.4. The van der Waals surface area contributed by atoms with Crippen LogP contribution in [-0.4, -0.2) is 25.1 Å². The molecular formula is C18H18ClNO4. The first-order valence-electron chi connectivity index (χ1n) is 7.46. The lowest BCUT2D eigenvalue weighted by Crippen LogP contribution is -2.22. The fraction of sp³-hybridized carbons (Fsp3) is 0.222. The molecule has 5 nitrogen and oxygen atoms in total. The predicted octanol–water partition coefficient (Wildman–Crippen LogP) is 3.84. The summed E-state index contributed by atoms with van der Waals surface area (Å²) in [5, 5.41) is 3.08. The molecule has 0 aromatic heterocycles. The molecule has 0 aliphatic heterocycles. The standard InChI is InChI=1S/C18H18ClNO4/c1-3-23-18(22)13-6-4-5-7-15(13)20-17(21)11-24-16-10-12(2)8-9-14(16)19/h4-10H,3,11H2,1-2H3,(H,20,21). The Bertz CT molecular complexity index is 746. The smallest absolute Gasteiger partial charge is 0.340 e. The molecule has 0 aliphatic rings. The van der Waals surface area contributed by atoms with E-state index in [1.54, 1.807) is 43.3 Å². The highest BCUT2D eigenvalue weighted by Gasteiger charge is 2.14. The molecule has 0 fully saturated rings. The summed E-state index contributed by atoms with van der Waals surface area (Å²) in [7, 11) is 0. The molecule has 2 aromatic rings. The summed E-state index contributed by atoms with van der Waals surface area (Å²) in [6.45, 7) is 3.66. The molecule has 2 rings (SSSR count). The zero-order valence-corrected chi connectivity index (χ0v) is 14.2. The average molecular weight is 348 g/mol. The first kappa shape index (κ1) is 17.8. The molecule has 0 atom stereocenters. The number of benzene rings is 2. The third-order valence-corrected chi connectivity index (χ3v) is 3.45. The minimum Gasteiger partial charge on any atom is -0.482 e. The van der Waals surface area contributed by atoms with E-state index in [4.69, 9.17) is 21.1 Å². The summed E-state index contributed by atoms with van der Waals surface area (Å²) >= 11 is 6.02. The van der Waals surface area contributed by atoms with Gasteiger partial charge in [0.2, 0.25) is 0 Å². The van der Waals surface area contributed by atoms with E-state index in [1.165, 1.54) is 0 Å². The molecule has 1 N–H and O–H groups in total. The van der Waals surface area contributed by atoms with Crippen molar-refractivity contribution >= 4 is 29.2 Å². The number of ether oxygens (including phenoxy) is 2. The molecule has 0 heterocycles. The summed E-state index contributed by atoms with van der Waals surface area (Å²) in [5.74, 6) is -0.453. The number of esters is 1. The molecule has 0 bridgehead atoms. The molecule has 6 heteroatoms. The second kappa shape index (κ2) is 8.36. The fourth-order valence-electron chi connectivity index (χ4n) is 2.03. The van der Waals surface area contributed by atoms with Gasteiger partial charge >= 0.3 is 5.97 Å². The normalized spacial score (nSPS) is 10.1. The van der Waals surface area contributed by atoms with Crippen molar-refractivity contribution in [3.63, 3.8) is 0 Å². The van der Waals surface area contributed by atoms with E-state index in [1.807, 2.05) is 13.0 Å². The van der Waals surface area contributed by atoms with Crippen LogP contribution in [0.1, 0.15) is 22.8 Å². The van der Waals surface area contributed by atoms with Crippen LogP contribution < -0.4 is 10.1 Å². The fourth-order valence-corrected chi connectivity index (χ4v) is 2.20. The Morgan fingerprint density at radius 1 is 1.17 bits per heavy atom. The van der Waals surface area contributed by atoms with E-state index in [2.05, 4.69) is 5.32 Å². The lowest BCUT2D eigenvalue weighted by atomic mass is 10.2. The Morgan fingerprint density at radius 3 is 2.67 bits per heavy atom. The molecule has 126 valence electrons. The molecule has 0 unspecified atom stereocenters. The van der Waals surface area contributed by atoms with Gasteiger partial charge in [0.15, 0.2) is 6.61 Å². The van der Waals surface area contributed by atoms with Gasteiger partial charge in [-0.2, -0.15) is 0 Å². The highest BCUT2D eigenvalue weighted by molar-refractivity contribution is 6.32. The Hall–Kier alpha value is -2.53. The maximum atomic E-state index is 12.1. The number of nitrogens with one attached hydrogen (secondary N) is 1. The van der Waals surface area contributed by atoms with Gasteiger partial charge in [-0.05, 0) is 43.7 Å². The zero-order chi connectivity index (χ0) is 17.5. The van der Waals surface area contributed by atoms with Crippen LogP contribution in [0.25, 0.3) is 0 Å². The quantitative estimate of drug-likeness (QED) is 0.806. The van der Waals surface area contributed by atoms with E-state index in [9.17, 15) is 9.59 Å². The van der Waals surface area contributed by atoms with Crippen molar-refractivity contribution in [1.29, 1.82) is 0 Å². The van der Waals surface area contributed by atoms with E-state index in [0.717, 1.165) is 5.56 Å². The van der Waals surface area contributed by atoms with Crippen LogP contribution >= 0.6 is 11.6 Å². The van der Waals surface area contributed by atoms with Gasteiger partial charge in [-0.3, -0.25) is 4.79 Å². The first-order valence-corrected chi connectivity index (χ1v) is 7.84. The minimum absolute atomic E-state index is 0.222. The average Bonchev–Trinajstić information content (AvgIpc) is 2.56. The second-order valence-corrected chi connectivity index (χ2v) is 5.44. The summed E-state index contributed by atoms with van der Waals surface area (Å²) in [5.41, 5.74) is 1.64. The number of anilines is 1. The number of aryl methyl sites for hydroxylation is 1. The lowest BCUT2D eigenvalue weighted by Gasteiger charge is -2.12. The maximum Gasteiger partial charge on any atom is 0.340 e. The van der Waals surface area contributed by atoms with Gasteiger partial charge in [-0.25, -0.2) is 4.79 Å². The van der Waals surface area contributed by atoms with E-state index in [0.29, 0.717) is 22.0 Å². The molecule has 1 amide bonds. The summed E-state index contributed by atoms with van der Waals surface area (Å²) in [6, 6.07) is 11.9. The molecule has 0 aliphatic carbocycles. The Labute approximate surface area is 145 Å². The van der Waals surface area contributed by atoms with Crippen LogP contribution in [0.2, 0.25) is 5.02 Å². The van der Waals surface area contributed by atoms with E-state index < -0.39 is 11.9 Å². The van der Waals surface area contributed by atoms with E-state index in [-0.39, 0.29) is 13.2 Å². The zero-order valence-electron chi connectivity index (χ0n) is 13.5. The van der Waals surface area contributed by atoms with Crippen molar-refractivity contribution in [2.75, 3.05) is 18.5 Å². The van der Waals surface area contributed by atoms with E-state index >= 15 is 0 Å². The highest BCUT2D eigenvalue weighted by Crippen LogP contribution is 2.25. The Morgan fingerprint density at radius 2 is 1.92 bits per heavy atom. The minimum atomic E-state index is -0.490. The second-order valence-electron chi connectivity index (χ2n) is 5.04. The van der Waals surface area contributed by atoms with Gasteiger partial charge in [0, 0.05) is 0 Å². The number of hydrogen-bond acceptors (Lipinski definition) is 4. The maximum absolute atomic E-state index is 12.1. The van der Waals surface area contributed by atoms with Gasteiger partial charge in [-0.15, -0.1) is 0 Å². The number of para-hydroxylation sites is 1. The Balaban J connectivity index is 2.02. The number of halogens is 1. The molecule has 0 saturated heterocycles. The van der Waals surface area contributed by atoms with Gasteiger partial charge in [-0.1, -0.05) is 29.8 Å². The van der Waals surface area contributed by atoms with Gasteiger partial charge < -0.3 is 14.8 Å². The topological polar surface area (TPSA) is 64.6 Å².